The number of aromatic amines is 1. The van der Waals surface area contributed by atoms with Crippen molar-refractivity contribution in [1.29, 1.82) is 0 Å². The number of benzene rings is 1. The number of aromatic nitrogens is 3. The molecule has 100 valence electrons. The van der Waals surface area contributed by atoms with Crippen LogP contribution in [0.15, 0.2) is 29.4 Å². The first-order valence-corrected chi connectivity index (χ1v) is 6.67. The van der Waals surface area contributed by atoms with Crippen LogP contribution in [-0.2, 0) is 10.0 Å². The van der Waals surface area contributed by atoms with Gasteiger partial charge in [0.05, 0.1) is 4.90 Å². The summed E-state index contributed by atoms with van der Waals surface area (Å²) in [6.45, 7) is 1.67. The lowest BCUT2D eigenvalue weighted by molar-refractivity contribution is 0.0999. The van der Waals surface area contributed by atoms with Gasteiger partial charge in [-0.05, 0) is 24.6 Å². The van der Waals surface area contributed by atoms with E-state index >= 15 is 0 Å². The highest BCUT2D eigenvalue weighted by molar-refractivity contribution is 7.92. The summed E-state index contributed by atoms with van der Waals surface area (Å²) in [7, 11) is -3.85. The van der Waals surface area contributed by atoms with Crippen molar-refractivity contribution in [3.05, 3.63) is 35.7 Å². The molecule has 0 aliphatic heterocycles. The highest BCUT2D eigenvalue weighted by atomic mass is 32.2. The lowest BCUT2D eigenvalue weighted by Gasteiger charge is -2.07. The van der Waals surface area contributed by atoms with Crippen molar-refractivity contribution >= 4 is 21.9 Å². The number of hydrogen-bond acceptors (Lipinski definition) is 5. The second-order valence-electron chi connectivity index (χ2n) is 3.78. The number of H-pyrrole nitrogens is 1. The minimum Gasteiger partial charge on any atom is -0.366 e. The van der Waals surface area contributed by atoms with Crippen molar-refractivity contribution in [2.75, 3.05) is 4.72 Å². The van der Waals surface area contributed by atoms with Crippen LogP contribution in [-0.4, -0.2) is 29.5 Å². The molecule has 0 spiro atoms. The van der Waals surface area contributed by atoms with E-state index in [9.17, 15) is 13.2 Å². The third-order valence-corrected chi connectivity index (χ3v) is 3.77. The third kappa shape index (κ3) is 2.71. The second-order valence-corrected chi connectivity index (χ2v) is 5.46. The number of hydrogen-bond donors (Lipinski definition) is 3. The van der Waals surface area contributed by atoms with Crippen molar-refractivity contribution in [3.63, 3.8) is 0 Å². The highest BCUT2D eigenvalue weighted by Crippen LogP contribution is 2.17. The Morgan fingerprint density at radius 1 is 1.42 bits per heavy atom. The maximum atomic E-state index is 12.0. The molecular formula is C10H11N5O3S. The van der Waals surface area contributed by atoms with Gasteiger partial charge in [0, 0.05) is 5.56 Å². The van der Waals surface area contributed by atoms with Crippen molar-refractivity contribution in [1.82, 2.24) is 15.2 Å². The number of sulfonamides is 1. The molecule has 4 N–H and O–H groups in total. The summed E-state index contributed by atoms with van der Waals surface area (Å²) in [6.07, 6.45) is 1.17. The Bertz CT molecular complexity index is 709. The lowest BCUT2D eigenvalue weighted by atomic mass is 10.1. The number of nitrogens with zero attached hydrogens (tertiary/aromatic N) is 2. The van der Waals surface area contributed by atoms with Gasteiger partial charge in [-0.25, -0.2) is 18.2 Å². The van der Waals surface area contributed by atoms with Crippen LogP contribution in [0.2, 0.25) is 0 Å². The fourth-order valence-electron chi connectivity index (χ4n) is 1.47. The molecule has 2 rings (SSSR count). The first-order chi connectivity index (χ1) is 8.90. The molecule has 1 aromatic carbocycles. The third-order valence-electron chi connectivity index (χ3n) is 2.43. The first-order valence-electron chi connectivity index (χ1n) is 5.19. The molecule has 0 aliphatic rings. The fraction of sp³-hybridized carbons (Fsp3) is 0.100. The molecule has 1 heterocycles. The van der Waals surface area contributed by atoms with E-state index in [-0.39, 0.29) is 16.4 Å². The van der Waals surface area contributed by atoms with E-state index in [1.165, 1.54) is 24.5 Å². The molecule has 1 aromatic heterocycles. The maximum Gasteiger partial charge on any atom is 0.264 e. The summed E-state index contributed by atoms with van der Waals surface area (Å²) in [6, 6.07) is 4.10. The Balaban J connectivity index is 2.41. The number of carbonyl (C=O) groups is 1. The van der Waals surface area contributed by atoms with E-state index < -0.39 is 15.9 Å². The minimum absolute atomic E-state index is 0.0128. The molecule has 2 aromatic rings. The van der Waals surface area contributed by atoms with Crippen LogP contribution >= 0.6 is 0 Å². The SMILES string of the molecule is Cc1ccc(S(=O)(=O)Nc2ncn[nH]2)cc1C(N)=O. The maximum absolute atomic E-state index is 12.0. The average Bonchev–Trinajstić information content (AvgIpc) is 2.80. The summed E-state index contributed by atoms with van der Waals surface area (Å²) >= 11 is 0. The number of nitrogens with one attached hydrogen (secondary N) is 2. The quantitative estimate of drug-likeness (QED) is 0.726. The van der Waals surface area contributed by atoms with Gasteiger partial charge < -0.3 is 5.73 Å². The lowest BCUT2D eigenvalue weighted by Crippen LogP contribution is -2.17. The van der Waals surface area contributed by atoms with Crippen LogP contribution < -0.4 is 10.5 Å². The van der Waals surface area contributed by atoms with E-state index in [4.69, 9.17) is 5.73 Å². The Labute approximate surface area is 109 Å². The van der Waals surface area contributed by atoms with E-state index in [2.05, 4.69) is 19.9 Å². The molecule has 0 saturated heterocycles. The van der Waals surface area contributed by atoms with Crippen LogP contribution in [0.3, 0.4) is 0 Å². The van der Waals surface area contributed by atoms with Gasteiger partial charge >= 0.3 is 0 Å². The van der Waals surface area contributed by atoms with Gasteiger partial charge in [-0.1, -0.05) is 6.07 Å². The molecule has 0 bridgehead atoms. The first kappa shape index (κ1) is 13.0. The van der Waals surface area contributed by atoms with Gasteiger partial charge in [0.15, 0.2) is 0 Å². The van der Waals surface area contributed by atoms with Crippen molar-refractivity contribution in [2.45, 2.75) is 11.8 Å². The number of primary amides is 1. The van der Waals surface area contributed by atoms with Crippen LogP contribution in [0.4, 0.5) is 5.95 Å². The fourth-order valence-corrected chi connectivity index (χ4v) is 2.47. The predicted molar refractivity (Wildman–Crippen MR) is 66.9 cm³/mol. The Morgan fingerprint density at radius 3 is 2.74 bits per heavy atom. The number of rotatable bonds is 4. The summed E-state index contributed by atoms with van der Waals surface area (Å²) < 4.78 is 26.3. The second kappa shape index (κ2) is 4.69. The molecule has 9 heteroatoms. The molecule has 8 nitrogen and oxygen atoms in total. The van der Waals surface area contributed by atoms with Gasteiger partial charge in [0.25, 0.3) is 10.0 Å². The van der Waals surface area contributed by atoms with Crippen LogP contribution in [0.5, 0.6) is 0 Å². The smallest absolute Gasteiger partial charge is 0.264 e. The van der Waals surface area contributed by atoms with Crippen LogP contribution in [0.1, 0.15) is 15.9 Å². The van der Waals surface area contributed by atoms with E-state index in [0.29, 0.717) is 5.56 Å². The monoisotopic (exact) mass is 281 g/mol. The predicted octanol–water partition coefficient (Wildman–Crippen LogP) is 0.0128. The van der Waals surface area contributed by atoms with Gasteiger partial charge in [-0.3, -0.25) is 4.79 Å². The Kier molecular flexibility index (Phi) is 3.21. The zero-order valence-electron chi connectivity index (χ0n) is 9.91. The largest absolute Gasteiger partial charge is 0.366 e. The average molecular weight is 281 g/mol. The number of nitrogens with two attached hydrogens (primary N) is 1. The molecule has 0 radical (unpaired) electrons. The van der Waals surface area contributed by atoms with Crippen LogP contribution in [0.25, 0.3) is 0 Å². The topological polar surface area (TPSA) is 131 Å². The molecule has 0 aliphatic carbocycles. The Hall–Kier alpha value is -2.42. The van der Waals surface area contributed by atoms with E-state index in [0.717, 1.165) is 0 Å². The van der Waals surface area contributed by atoms with Gasteiger partial charge in [0.2, 0.25) is 11.9 Å². The summed E-state index contributed by atoms with van der Waals surface area (Å²) in [5, 5.41) is 5.89. The standard InChI is InChI=1S/C10H11N5O3S/c1-6-2-3-7(4-8(6)9(11)16)19(17,18)15-10-12-5-13-14-10/h2-5H,1H3,(H2,11,16)(H2,12,13,14,15). The van der Waals surface area contributed by atoms with Crippen molar-refractivity contribution < 1.29 is 13.2 Å². The molecule has 1 amide bonds. The van der Waals surface area contributed by atoms with Crippen LogP contribution in [0, 0.1) is 6.92 Å². The molecule has 0 unspecified atom stereocenters. The van der Waals surface area contributed by atoms with Gasteiger partial charge in [-0.15, -0.1) is 0 Å². The zero-order valence-corrected chi connectivity index (χ0v) is 10.7. The number of anilines is 1. The van der Waals surface area contributed by atoms with E-state index in [1.54, 1.807) is 6.92 Å². The van der Waals surface area contributed by atoms with Crippen molar-refractivity contribution in [3.8, 4) is 0 Å². The van der Waals surface area contributed by atoms with Crippen molar-refractivity contribution in [2.24, 2.45) is 5.73 Å². The summed E-state index contributed by atoms with van der Waals surface area (Å²) in [5.74, 6) is -0.699. The number of amides is 1. The molecule has 0 saturated carbocycles. The van der Waals surface area contributed by atoms with E-state index in [1.807, 2.05) is 0 Å². The number of aryl methyl sites for hydroxylation is 1. The number of carbonyl (C=O) groups excluding carboxylic acids is 1. The molecule has 0 atom stereocenters. The van der Waals surface area contributed by atoms with Gasteiger partial charge in [0.1, 0.15) is 6.33 Å². The molecular weight excluding hydrogens is 270 g/mol. The zero-order chi connectivity index (χ0) is 14.0. The highest BCUT2D eigenvalue weighted by Gasteiger charge is 2.18. The van der Waals surface area contributed by atoms with Gasteiger partial charge in [-0.2, -0.15) is 10.1 Å². The minimum atomic E-state index is -3.85. The summed E-state index contributed by atoms with van der Waals surface area (Å²) in [5.41, 5.74) is 5.94. The normalized spacial score (nSPS) is 11.2. The molecule has 19 heavy (non-hydrogen) atoms. The summed E-state index contributed by atoms with van der Waals surface area (Å²) in [4.78, 5) is 14.8. The Morgan fingerprint density at radius 2 is 2.16 bits per heavy atom. The molecule has 0 fully saturated rings.